The summed E-state index contributed by atoms with van der Waals surface area (Å²) in [4.78, 5) is 42.1. The third-order valence-electron chi connectivity index (χ3n) is 8.80. The Bertz CT molecular complexity index is 1780. The monoisotopic (exact) mass is 570 g/mol. The van der Waals surface area contributed by atoms with Crippen molar-refractivity contribution in [2.24, 2.45) is 0 Å². The number of methoxy groups -OCH3 is 2. The van der Waals surface area contributed by atoms with Gasteiger partial charge < -0.3 is 24.5 Å². The molecule has 9 heteroatoms. The zero-order chi connectivity index (χ0) is 30.3. The van der Waals surface area contributed by atoms with Crippen molar-refractivity contribution in [1.29, 1.82) is 0 Å². The number of fused-ring (bicyclic) bond motifs is 8. The first-order chi connectivity index (χ1) is 20.1. The second kappa shape index (κ2) is 11.6. The van der Waals surface area contributed by atoms with Crippen LogP contribution in [0.1, 0.15) is 95.3 Å². The molecular weight excluding hydrogens is 532 g/mol. The lowest BCUT2D eigenvalue weighted by molar-refractivity contribution is -0.140. The van der Waals surface area contributed by atoms with Crippen molar-refractivity contribution in [2.75, 3.05) is 20.8 Å². The van der Waals surface area contributed by atoms with E-state index in [0.29, 0.717) is 23.2 Å². The average Bonchev–Trinajstić information content (AvgIpc) is 3.64. The van der Waals surface area contributed by atoms with Gasteiger partial charge in [0.25, 0.3) is 0 Å². The molecule has 0 aromatic carbocycles. The van der Waals surface area contributed by atoms with Gasteiger partial charge in [-0.2, -0.15) is 0 Å². The fourth-order valence-corrected chi connectivity index (χ4v) is 6.19. The number of ether oxygens (including phenoxy) is 2. The summed E-state index contributed by atoms with van der Waals surface area (Å²) >= 11 is 0. The molecule has 0 amide bonds. The van der Waals surface area contributed by atoms with Gasteiger partial charge in [0, 0.05) is 51.8 Å². The number of aliphatic hydroxyl groups is 1. The number of esters is 2. The maximum absolute atomic E-state index is 13.0. The second-order valence-corrected chi connectivity index (χ2v) is 11.0. The minimum absolute atomic E-state index is 0.0266. The largest absolute Gasteiger partial charge is 0.469 e. The number of allylic oxidation sites excluding steroid dienone is 1. The van der Waals surface area contributed by atoms with Gasteiger partial charge in [-0.05, 0) is 80.1 Å². The molecule has 3 aromatic heterocycles. The van der Waals surface area contributed by atoms with Crippen LogP contribution in [-0.4, -0.2) is 57.8 Å². The van der Waals surface area contributed by atoms with Gasteiger partial charge >= 0.3 is 11.9 Å². The Hall–Kier alpha value is -4.24. The molecule has 9 nitrogen and oxygen atoms in total. The Morgan fingerprint density at radius 1 is 0.881 bits per heavy atom. The van der Waals surface area contributed by atoms with Crippen LogP contribution in [0.4, 0.5) is 0 Å². The van der Waals surface area contributed by atoms with Gasteiger partial charge in [0.2, 0.25) is 0 Å². The Balaban J connectivity index is 1.92. The lowest BCUT2D eigenvalue weighted by Crippen LogP contribution is -2.07. The Kier molecular flexibility index (Phi) is 8.06. The molecule has 0 radical (unpaired) electrons. The molecule has 42 heavy (non-hydrogen) atoms. The van der Waals surface area contributed by atoms with Crippen LogP contribution in [0.5, 0.6) is 0 Å². The van der Waals surface area contributed by atoms with Gasteiger partial charge in [-0.15, -0.1) is 0 Å². The number of aromatic nitrogens is 4. The van der Waals surface area contributed by atoms with Gasteiger partial charge in [0.05, 0.1) is 43.3 Å². The Morgan fingerprint density at radius 3 is 2.26 bits per heavy atom. The Labute approximate surface area is 245 Å². The minimum Gasteiger partial charge on any atom is -0.469 e. The summed E-state index contributed by atoms with van der Waals surface area (Å²) in [6.07, 6.45) is 1.58. The summed E-state index contributed by atoms with van der Waals surface area (Å²) in [6, 6.07) is 7.89. The number of H-pyrrole nitrogens is 2. The van der Waals surface area contributed by atoms with Crippen LogP contribution in [-0.2, 0) is 20.7 Å². The molecule has 8 bridgehead atoms. The maximum Gasteiger partial charge on any atom is 0.340 e. The summed E-state index contributed by atoms with van der Waals surface area (Å²) in [6.45, 7) is 10.0. The van der Waals surface area contributed by atoms with Gasteiger partial charge in [-0.25, -0.2) is 9.78 Å². The van der Waals surface area contributed by atoms with Crippen molar-refractivity contribution in [2.45, 2.75) is 65.7 Å². The number of hydrogen-bond acceptors (Lipinski definition) is 7. The quantitative estimate of drug-likeness (QED) is 0.308. The fourth-order valence-electron chi connectivity index (χ4n) is 6.19. The topological polar surface area (TPSA) is 130 Å². The first-order valence-corrected chi connectivity index (χ1v) is 14.3. The predicted molar refractivity (Wildman–Crippen MR) is 163 cm³/mol. The molecule has 0 saturated carbocycles. The van der Waals surface area contributed by atoms with E-state index < -0.39 is 5.97 Å². The van der Waals surface area contributed by atoms with Crippen LogP contribution < -0.4 is 0 Å². The molecule has 220 valence electrons. The molecule has 3 aromatic rings. The van der Waals surface area contributed by atoms with E-state index in [-0.39, 0.29) is 30.8 Å². The molecule has 2 atom stereocenters. The van der Waals surface area contributed by atoms with Gasteiger partial charge in [0.15, 0.2) is 0 Å². The van der Waals surface area contributed by atoms with E-state index in [1.807, 2.05) is 38.1 Å². The number of carbonyl (C=O) groups is 2. The molecule has 0 fully saturated rings. The zero-order valence-corrected chi connectivity index (χ0v) is 25.3. The zero-order valence-electron chi connectivity index (χ0n) is 25.3. The molecule has 0 spiro atoms. The van der Waals surface area contributed by atoms with Crippen LogP contribution in [0.3, 0.4) is 0 Å². The number of nitrogens with one attached hydrogen (secondary N) is 2. The number of aliphatic hydroxyl groups excluding tert-OH is 1. The number of nitrogens with zero attached hydrogens (tertiary/aromatic N) is 2. The number of hydrogen-bond donors (Lipinski definition) is 3. The maximum atomic E-state index is 13.0. The molecule has 0 unspecified atom stereocenters. The summed E-state index contributed by atoms with van der Waals surface area (Å²) in [5.74, 6) is -0.838. The summed E-state index contributed by atoms with van der Waals surface area (Å²) in [5, 5.41) is 10.3. The predicted octanol–water partition coefficient (Wildman–Crippen LogP) is 6.04. The lowest BCUT2D eigenvalue weighted by Gasteiger charge is -2.15. The minimum atomic E-state index is -0.436. The number of rotatable bonds is 6. The molecular formula is C33H38N4O5. The molecule has 0 saturated heterocycles. The smallest absolute Gasteiger partial charge is 0.340 e. The Morgan fingerprint density at radius 2 is 1.60 bits per heavy atom. The van der Waals surface area contributed by atoms with Gasteiger partial charge in [-0.1, -0.05) is 13.8 Å². The van der Waals surface area contributed by atoms with Crippen LogP contribution >= 0.6 is 0 Å². The van der Waals surface area contributed by atoms with Crippen molar-refractivity contribution in [3.63, 3.8) is 0 Å². The third-order valence-corrected chi connectivity index (χ3v) is 8.80. The standard InChI is InChI=1S/C33H38N4O5/c1-8-20-16(2)25-12-29-22(15-38)18(4)24(36-29)11-23-17(3)21(9-10-31(39)41-6)28(35-23)14-30-32(33(40)42-7)19(5)26(37-30)13-27(20)34-25/h11-14,17,21,34,37-38H,8-10,15H2,1-7H3/t17-,21-/m0/s1. The normalized spacial score (nSPS) is 16.6. The van der Waals surface area contributed by atoms with Crippen molar-refractivity contribution < 1.29 is 24.2 Å². The molecule has 5 rings (SSSR count). The lowest BCUT2D eigenvalue weighted by atomic mass is 9.87. The van der Waals surface area contributed by atoms with Crippen LogP contribution in [0.2, 0.25) is 0 Å². The van der Waals surface area contributed by atoms with E-state index in [9.17, 15) is 14.7 Å². The van der Waals surface area contributed by atoms with E-state index >= 15 is 0 Å². The molecule has 3 N–H and O–H groups in total. The molecule has 2 aliphatic heterocycles. The van der Waals surface area contributed by atoms with E-state index in [1.165, 1.54) is 14.2 Å². The second-order valence-electron chi connectivity index (χ2n) is 11.0. The highest BCUT2D eigenvalue weighted by Gasteiger charge is 2.30. The van der Waals surface area contributed by atoms with Crippen molar-refractivity contribution in [1.82, 2.24) is 19.9 Å². The first-order valence-electron chi connectivity index (χ1n) is 14.3. The summed E-state index contributed by atoms with van der Waals surface area (Å²) in [5.41, 5.74) is 11.4. The highest BCUT2D eigenvalue weighted by Crippen LogP contribution is 2.41. The van der Waals surface area contributed by atoms with Crippen LogP contribution in [0.15, 0.2) is 24.3 Å². The highest BCUT2D eigenvalue weighted by atomic mass is 16.5. The van der Waals surface area contributed by atoms with Crippen molar-refractivity contribution in [3.8, 4) is 0 Å². The number of aryl methyl sites for hydroxylation is 3. The molecule has 2 aliphatic rings. The summed E-state index contributed by atoms with van der Waals surface area (Å²) in [7, 11) is 2.76. The van der Waals surface area contributed by atoms with Crippen molar-refractivity contribution >= 4 is 45.2 Å². The van der Waals surface area contributed by atoms with E-state index in [0.717, 1.165) is 67.9 Å². The third kappa shape index (κ3) is 5.02. The summed E-state index contributed by atoms with van der Waals surface area (Å²) < 4.78 is 10.1. The molecule has 5 heterocycles. The fraction of sp³-hybridized carbons (Fsp3) is 0.394. The van der Waals surface area contributed by atoms with E-state index in [4.69, 9.17) is 19.4 Å². The van der Waals surface area contributed by atoms with Crippen molar-refractivity contribution in [3.05, 3.63) is 69.3 Å². The number of carbonyl (C=O) groups excluding carboxylic acids is 2. The average molecular weight is 571 g/mol. The first kappa shape index (κ1) is 29.3. The van der Waals surface area contributed by atoms with Gasteiger partial charge in [0.1, 0.15) is 0 Å². The SMILES string of the molecule is CCc1c(C)c2cc3nc(cc4nc(cc5[nH]c(cc1[nH]2)c(C)c5C(=O)OC)[C@@H](CCC(=O)OC)[C@@H]4C)C(C)=C3CO. The van der Waals surface area contributed by atoms with Gasteiger partial charge in [-0.3, -0.25) is 9.78 Å². The van der Waals surface area contributed by atoms with Crippen LogP contribution in [0.25, 0.3) is 33.2 Å². The van der Waals surface area contributed by atoms with E-state index in [1.54, 1.807) is 0 Å². The van der Waals surface area contributed by atoms with Crippen LogP contribution in [0, 0.1) is 13.8 Å². The molecule has 0 aliphatic carbocycles. The van der Waals surface area contributed by atoms with E-state index in [2.05, 4.69) is 30.7 Å². The number of aromatic amines is 2. The highest BCUT2D eigenvalue weighted by molar-refractivity contribution is 6.02.